The third-order valence-electron chi connectivity index (χ3n) is 2.83. The largest absolute Gasteiger partial charge is 0.477 e. The lowest BCUT2D eigenvalue weighted by Gasteiger charge is -2.20. The third kappa shape index (κ3) is 3.53. The number of rotatable bonds is 6. The van der Waals surface area contributed by atoms with Crippen molar-refractivity contribution in [3.63, 3.8) is 0 Å². The number of carboxylic acid groups (broad SMARTS) is 1. The number of aromatic carboxylic acids is 1. The standard InChI is InChI=1S/C14H15N3O4/c18-7-6-17(9-19)12-8-11(14(20)21)15-13(16-12)10-4-2-1-3-5-10/h1-5,8,18-19H,6-7,9H2,(H,20,21). The summed E-state index contributed by atoms with van der Waals surface area (Å²) in [5.41, 5.74) is 0.499. The van der Waals surface area contributed by atoms with Crippen molar-refractivity contribution in [3.8, 4) is 11.4 Å². The van der Waals surface area contributed by atoms with Crippen LogP contribution in [0, 0.1) is 0 Å². The fraction of sp³-hybridized carbons (Fsp3) is 0.214. The Morgan fingerprint density at radius 3 is 2.43 bits per heavy atom. The second-order valence-corrected chi connectivity index (χ2v) is 4.23. The van der Waals surface area contributed by atoms with Gasteiger partial charge in [-0.25, -0.2) is 14.8 Å². The molecule has 0 aliphatic heterocycles. The summed E-state index contributed by atoms with van der Waals surface area (Å²) in [6, 6.07) is 10.2. The van der Waals surface area contributed by atoms with Gasteiger partial charge in [0.15, 0.2) is 11.5 Å². The summed E-state index contributed by atoms with van der Waals surface area (Å²) in [5.74, 6) is -0.683. The van der Waals surface area contributed by atoms with Gasteiger partial charge in [0.25, 0.3) is 0 Å². The zero-order valence-corrected chi connectivity index (χ0v) is 11.2. The highest BCUT2D eigenvalue weighted by Crippen LogP contribution is 2.20. The van der Waals surface area contributed by atoms with Crippen molar-refractivity contribution in [1.82, 2.24) is 9.97 Å². The molecule has 7 nitrogen and oxygen atoms in total. The Hall–Kier alpha value is -2.51. The van der Waals surface area contributed by atoms with Crippen LogP contribution in [-0.2, 0) is 0 Å². The van der Waals surface area contributed by atoms with Crippen molar-refractivity contribution in [3.05, 3.63) is 42.1 Å². The molecule has 2 aromatic rings. The number of aliphatic hydroxyl groups is 2. The number of carbonyl (C=O) groups is 1. The minimum Gasteiger partial charge on any atom is -0.477 e. The molecule has 7 heteroatoms. The Kier molecular flexibility index (Phi) is 4.81. The van der Waals surface area contributed by atoms with Gasteiger partial charge in [0, 0.05) is 18.2 Å². The van der Waals surface area contributed by atoms with Gasteiger partial charge in [-0.3, -0.25) is 0 Å². The van der Waals surface area contributed by atoms with Gasteiger partial charge >= 0.3 is 5.97 Å². The first-order valence-electron chi connectivity index (χ1n) is 6.30. The molecule has 3 N–H and O–H groups in total. The first kappa shape index (κ1) is 14.9. The molecule has 0 unspecified atom stereocenters. The van der Waals surface area contributed by atoms with Crippen molar-refractivity contribution in [2.75, 3.05) is 24.8 Å². The Labute approximate surface area is 121 Å². The zero-order chi connectivity index (χ0) is 15.2. The fourth-order valence-corrected chi connectivity index (χ4v) is 1.80. The molecule has 0 aliphatic carbocycles. The van der Waals surface area contributed by atoms with Crippen molar-refractivity contribution in [2.45, 2.75) is 0 Å². The molecule has 0 bridgehead atoms. The summed E-state index contributed by atoms with van der Waals surface area (Å²) < 4.78 is 0. The zero-order valence-electron chi connectivity index (χ0n) is 11.2. The predicted octanol–water partition coefficient (Wildman–Crippen LogP) is 0.590. The third-order valence-corrected chi connectivity index (χ3v) is 2.83. The van der Waals surface area contributed by atoms with Gasteiger partial charge in [0.2, 0.25) is 0 Å². The molecule has 0 saturated carbocycles. The van der Waals surface area contributed by atoms with Crippen LogP contribution in [0.3, 0.4) is 0 Å². The van der Waals surface area contributed by atoms with Gasteiger partial charge in [-0.05, 0) is 0 Å². The van der Waals surface area contributed by atoms with E-state index in [-0.39, 0.29) is 37.2 Å². The second-order valence-electron chi connectivity index (χ2n) is 4.23. The minimum atomic E-state index is -1.18. The van der Waals surface area contributed by atoms with E-state index >= 15 is 0 Å². The topological polar surface area (TPSA) is 107 Å². The molecule has 0 saturated heterocycles. The molecule has 110 valence electrons. The Balaban J connectivity index is 2.51. The summed E-state index contributed by atoms with van der Waals surface area (Å²) in [4.78, 5) is 20.8. The predicted molar refractivity (Wildman–Crippen MR) is 75.9 cm³/mol. The molecule has 0 atom stereocenters. The Morgan fingerprint density at radius 1 is 1.14 bits per heavy atom. The minimum absolute atomic E-state index is 0.140. The van der Waals surface area contributed by atoms with Crippen LogP contribution in [0.4, 0.5) is 5.82 Å². The van der Waals surface area contributed by atoms with Crippen LogP contribution in [0.5, 0.6) is 0 Å². The average molecular weight is 289 g/mol. The molecule has 21 heavy (non-hydrogen) atoms. The van der Waals surface area contributed by atoms with Crippen molar-refractivity contribution in [2.24, 2.45) is 0 Å². The maximum Gasteiger partial charge on any atom is 0.354 e. The average Bonchev–Trinajstić information content (AvgIpc) is 2.53. The summed E-state index contributed by atoms with van der Waals surface area (Å²) in [6.07, 6.45) is 0. The summed E-state index contributed by atoms with van der Waals surface area (Å²) in [5, 5.41) is 27.4. The number of aliphatic hydroxyl groups excluding tert-OH is 2. The highest BCUT2D eigenvalue weighted by Gasteiger charge is 2.15. The number of nitrogens with zero attached hydrogens (tertiary/aromatic N) is 3. The highest BCUT2D eigenvalue weighted by atomic mass is 16.4. The molecule has 0 aliphatic rings. The fourth-order valence-electron chi connectivity index (χ4n) is 1.80. The number of hydrogen-bond donors (Lipinski definition) is 3. The van der Waals surface area contributed by atoms with Gasteiger partial charge in [0.05, 0.1) is 6.61 Å². The summed E-state index contributed by atoms with van der Waals surface area (Å²) in [6.45, 7) is -0.431. The van der Waals surface area contributed by atoms with E-state index in [1.165, 1.54) is 11.0 Å². The van der Waals surface area contributed by atoms with Gasteiger partial charge < -0.3 is 20.2 Å². The second kappa shape index (κ2) is 6.78. The van der Waals surface area contributed by atoms with Crippen molar-refractivity contribution >= 4 is 11.8 Å². The van der Waals surface area contributed by atoms with Crippen LogP contribution in [0.15, 0.2) is 36.4 Å². The lowest BCUT2D eigenvalue weighted by atomic mass is 10.2. The molecular formula is C14H15N3O4. The van der Waals surface area contributed by atoms with Crippen LogP contribution in [0.2, 0.25) is 0 Å². The Bertz CT molecular complexity index is 619. The molecule has 0 fully saturated rings. The number of benzene rings is 1. The van der Waals surface area contributed by atoms with E-state index in [0.717, 1.165) is 0 Å². The van der Waals surface area contributed by atoms with Crippen molar-refractivity contribution < 1.29 is 20.1 Å². The van der Waals surface area contributed by atoms with Crippen LogP contribution in [-0.4, -0.2) is 51.1 Å². The van der Waals surface area contributed by atoms with Gasteiger partial charge in [0.1, 0.15) is 12.5 Å². The van der Waals surface area contributed by atoms with Crippen molar-refractivity contribution in [1.29, 1.82) is 0 Å². The maximum atomic E-state index is 11.2. The smallest absolute Gasteiger partial charge is 0.354 e. The normalized spacial score (nSPS) is 10.4. The highest BCUT2D eigenvalue weighted by molar-refractivity contribution is 5.87. The van der Waals surface area contributed by atoms with Gasteiger partial charge in [-0.1, -0.05) is 30.3 Å². The summed E-state index contributed by atoms with van der Waals surface area (Å²) in [7, 11) is 0. The number of anilines is 1. The first-order chi connectivity index (χ1) is 10.2. The molecule has 1 aromatic heterocycles. The van der Waals surface area contributed by atoms with E-state index < -0.39 is 5.97 Å². The van der Waals surface area contributed by atoms with Crippen LogP contribution < -0.4 is 4.90 Å². The quantitative estimate of drug-likeness (QED) is 0.668. The molecule has 2 rings (SSSR count). The van der Waals surface area contributed by atoms with Crippen LogP contribution in [0.25, 0.3) is 11.4 Å². The van der Waals surface area contributed by atoms with Gasteiger partial charge in [-0.15, -0.1) is 0 Å². The number of carboxylic acids is 1. The van der Waals surface area contributed by atoms with E-state index in [0.29, 0.717) is 5.56 Å². The van der Waals surface area contributed by atoms with Crippen LogP contribution >= 0.6 is 0 Å². The molecule has 1 heterocycles. The SMILES string of the molecule is O=C(O)c1cc(N(CO)CCO)nc(-c2ccccc2)n1. The molecule has 1 aromatic carbocycles. The van der Waals surface area contributed by atoms with E-state index in [1.54, 1.807) is 24.3 Å². The van der Waals surface area contributed by atoms with E-state index in [2.05, 4.69) is 9.97 Å². The molecule has 0 spiro atoms. The molecule has 0 radical (unpaired) electrons. The number of hydrogen-bond acceptors (Lipinski definition) is 6. The maximum absolute atomic E-state index is 11.2. The van der Waals surface area contributed by atoms with Crippen LogP contribution in [0.1, 0.15) is 10.5 Å². The first-order valence-corrected chi connectivity index (χ1v) is 6.30. The van der Waals surface area contributed by atoms with Gasteiger partial charge in [-0.2, -0.15) is 0 Å². The molecular weight excluding hydrogens is 274 g/mol. The van der Waals surface area contributed by atoms with E-state index in [1.807, 2.05) is 6.07 Å². The lowest BCUT2D eigenvalue weighted by molar-refractivity contribution is 0.0690. The number of aromatic nitrogens is 2. The monoisotopic (exact) mass is 289 g/mol. The molecule has 0 amide bonds. The van der Waals surface area contributed by atoms with E-state index in [9.17, 15) is 9.90 Å². The lowest BCUT2D eigenvalue weighted by Crippen LogP contribution is -2.29. The summed E-state index contributed by atoms with van der Waals surface area (Å²) >= 11 is 0. The Morgan fingerprint density at radius 2 is 1.86 bits per heavy atom. The van der Waals surface area contributed by atoms with E-state index in [4.69, 9.17) is 10.2 Å².